The monoisotopic (exact) mass is 586 g/mol. The second kappa shape index (κ2) is 10.9. The molecule has 0 heterocycles. The largest absolute Gasteiger partial charge is 0.479 e. The average Bonchev–Trinajstić information content (AvgIpc) is 3.16. The molecule has 0 saturated heterocycles. The van der Waals surface area contributed by atoms with Crippen LogP contribution in [0.3, 0.4) is 0 Å². The van der Waals surface area contributed by atoms with E-state index in [0.717, 1.165) is 25.8 Å². The molecule has 0 spiro atoms. The lowest BCUT2D eigenvalue weighted by atomic mass is 9.98. The fourth-order valence-electron chi connectivity index (χ4n) is 4.09. The van der Waals surface area contributed by atoms with Gasteiger partial charge in [0.05, 0.1) is 0 Å². The van der Waals surface area contributed by atoms with E-state index in [2.05, 4.69) is 22.8 Å². The van der Waals surface area contributed by atoms with E-state index < -0.39 is 24.1 Å². The van der Waals surface area contributed by atoms with E-state index in [4.69, 9.17) is 9.84 Å². The van der Waals surface area contributed by atoms with Crippen LogP contribution in [0.4, 0.5) is 10.5 Å². The number of aliphatic hydroxyl groups is 1. The maximum atomic E-state index is 12.6. The summed E-state index contributed by atoms with van der Waals surface area (Å²) in [5.41, 5.74) is 5.19. The zero-order valence-corrected chi connectivity index (χ0v) is 20.7. The van der Waals surface area contributed by atoms with Crippen molar-refractivity contribution in [1.29, 1.82) is 0 Å². The Morgan fingerprint density at radius 3 is 2.23 bits per heavy atom. The molecule has 0 fully saturated rings. The summed E-state index contributed by atoms with van der Waals surface area (Å²) in [6.07, 6.45) is -2.29. The Morgan fingerprint density at radius 2 is 1.60 bits per heavy atom. The van der Waals surface area contributed by atoms with Crippen LogP contribution in [0.15, 0.2) is 66.7 Å². The molecule has 2 amide bonds. The normalized spacial score (nSPS) is 12.9. The van der Waals surface area contributed by atoms with Crippen molar-refractivity contribution in [2.75, 3.05) is 18.5 Å². The van der Waals surface area contributed by atoms with Gasteiger partial charge in [-0.05, 0) is 63.0 Å². The van der Waals surface area contributed by atoms with Gasteiger partial charge in [-0.3, -0.25) is 10.1 Å². The maximum Gasteiger partial charge on any atom is 0.411 e. The fraction of sp³-hybridized carbons (Fsp3) is 0.192. The zero-order valence-electron chi connectivity index (χ0n) is 18.5. The highest BCUT2D eigenvalue weighted by Crippen LogP contribution is 2.44. The molecule has 0 radical (unpaired) electrons. The second-order valence-corrected chi connectivity index (χ2v) is 9.32. The number of carbonyl (C=O) groups excluding carboxylic acids is 2. The Hall–Kier alpha value is -3.44. The molecule has 0 saturated carbocycles. The number of nitrogens with one attached hydrogen (secondary N) is 2. The van der Waals surface area contributed by atoms with Crippen molar-refractivity contribution < 1.29 is 29.3 Å². The lowest BCUT2D eigenvalue weighted by Crippen LogP contribution is -2.30. The fourth-order valence-corrected chi connectivity index (χ4v) is 4.76. The van der Waals surface area contributed by atoms with E-state index in [1.165, 1.54) is 6.07 Å². The van der Waals surface area contributed by atoms with E-state index >= 15 is 0 Å². The van der Waals surface area contributed by atoms with Gasteiger partial charge in [-0.25, -0.2) is 9.59 Å². The quantitative estimate of drug-likeness (QED) is 0.293. The van der Waals surface area contributed by atoms with Gasteiger partial charge in [0.1, 0.15) is 6.61 Å². The Kier molecular flexibility index (Phi) is 7.67. The standard InChI is InChI=1S/C26H23IN2O6/c27-16-11-15(24(31)28-10-9-23(30)25(32)33)12-17(13-16)29-26(34)35-14-22-20-7-3-1-5-18(20)19-6-2-4-8-21(19)22/h1-8,11-13,22-23,30H,9-10,14H2,(H,28,31)(H,29,34)(H,32,33)/t23-/m0/s1. The number of hydrogen-bond donors (Lipinski definition) is 4. The molecule has 3 aromatic rings. The molecule has 0 bridgehead atoms. The van der Waals surface area contributed by atoms with Crippen LogP contribution in [-0.2, 0) is 9.53 Å². The van der Waals surface area contributed by atoms with Crippen LogP contribution in [0.25, 0.3) is 11.1 Å². The average molecular weight is 586 g/mol. The Bertz CT molecular complexity index is 1230. The number of halogens is 1. The van der Waals surface area contributed by atoms with E-state index in [-0.39, 0.29) is 31.1 Å². The van der Waals surface area contributed by atoms with Crippen molar-refractivity contribution in [3.05, 3.63) is 87.0 Å². The number of carbonyl (C=O) groups is 3. The minimum Gasteiger partial charge on any atom is -0.479 e. The lowest BCUT2D eigenvalue weighted by Gasteiger charge is -2.15. The smallest absolute Gasteiger partial charge is 0.411 e. The van der Waals surface area contributed by atoms with Gasteiger partial charge < -0.3 is 20.3 Å². The third-order valence-corrected chi connectivity index (χ3v) is 6.36. The van der Waals surface area contributed by atoms with Crippen molar-refractivity contribution in [1.82, 2.24) is 5.32 Å². The lowest BCUT2D eigenvalue weighted by molar-refractivity contribution is -0.146. The van der Waals surface area contributed by atoms with Gasteiger partial charge in [-0.2, -0.15) is 0 Å². The third kappa shape index (κ3) is 5.80. The molecule has 3 aromatic carbocycles. The molecule has 1 aliphatic rings. The topological polar surface area (TPSA) is 125 Å². The number of aliphatic carboxylic acids is 1. The number of carboxylic acids is 1. The van der Waals surface area contributed by atoms with Gasteiger partial charge >= 0.3 is 12.1 Å². The highest BCUT2D eigenvalue weighted by Gasteiger charge is 2.29. The number of amides is 2. The summed E-state index contributed by atoms with van der Waals surface area (Å²) < 4.78 is 6.28. The van der Waals surface area contributed by atoms with Crippen molar-refractivity contribution in [2.24, 2.45) is 0 Å². The Labute approximate surface area is 215 Å². The molecule has 180 valence electrons. The summed E-state index contributed by atoms with van der Waals surface area (Å²) in [5.74, 6) is -1.86. The summed E-state index contributed by atoms with van der Waals surface area (Å²) in [4.78, 5) is 35.7. The van der Waals surface area contributed by atoms with Crippen molar-refractivity contribution >= 4 is 46.2 Å². The molecule has 1 aliphatic carbocycles. The highest BCUT2D eigenvalue weighted by atomic mass is 127. The molecule has 0 aromatic heterocycles. The summed E-state index contributed by atoms with van der Waals surface area (Å²) >= 11 is 2.03. The van der Waals surface area contributed by atoms with Crippen LogP contribution in [0.2, 0.25) is 0 Å². The second-order valence-electron chi connectivity index (χ2n) is 8.08. The molecule has 1 atom stereocenters. The SMILES string of the molecule is O=C(Nc1cc(I)cc(C(=O)NCC[C@H](O)C(=O)O)c1)OCC1c2ccccc2-c2ccccc21. The number of anilines is 1. The minimum atomic E-state index is -1.54. The third-order valence-electron chi connectivity index (χ3n) is 5.74. The summed E-state index contributed by atoms with van der Waals surface area (Å²) in [6.45, 7) is 0.163. The molecule has 4 rings (SSSR count). The highest BCUT2D eigenvalue weighted by molar-refractivity contribution is 14.1. The van der Waals surface area contributed by atoms with E-state index in [0.29, 0.717) is 5.69 Å². The van der Waals surface area contributed by atoms with Gasteiger partial charge in [-0.1, -0.05) is 48.5 Å². The zero-order chi connectivity index (χ0) is 24.9. The maximum absolute atomic E-state index is 12.6. The number of aliphatic hydroxyl groups excluding tert-OH is 1. The number of ether oxygens (including phenoxy) is 1. The molecular formula is C26H23IN2O6. The van der Waals surface area contributed by atoms with Crippen LogP contribution in [-0.4, -0.2) is 47.4 Å². The predicted molar refractivity (Wildman–Crippen MR) is 138 cm³/mol. The predicted octanol–water partition coefficient (Wildman–Crippen LogP) is 4.22. The Morgan fingerprint density at radius 1 is 0.971 bits per heavy atom. The molecule has 4 N–H and O–H groups in total. The molecular weight excluding hydrogens is 563 g/mol. The number of benzene rings is 3. The van der Waals surface area contributed by atoms with E-state index in [9.17, 15) is 19.5 Å². The van der Waals surface area contributed by atoms with Crippen molar-refractivity contribution in [3.8, 4) is 11.1 Å². The van der Waals surface area contributed by atoms with Gasteiger partial charge in [0.25, 0.3) is 5.91 Å². The molecule has 35 heavy (non-hydrogen) atoms. The van der Waals surface area contributed by atoms with Crippen molar-refractivity contribution in [3.63, 3.8) is 0 Å². The first-order valence-electron chi connectivity index (χ1n) is 10.9. The van der Waals surface area contributed by atoms with Crippen LogP contribution in [0.5, 0.6) is 0 Å². The number of carboxylic acid groups (broad SMARTS) is 1. The van der Waals surface area contributed by atoms with Crippen LogP contribution in [0.1, 0.15) is 33.8 Å². The number of rotatable bonds is 8. The first kappa shape index (κ1) is 24.7. The minimum absolute atomic E-state index is 0.00703. The number of hydrogen-bond acceptors (Lipinski definition) is 5. The van der Waals surface area contributed by atoms with Crippen LogP contribution < -0.4 is 10.6 Å². The molecule has 9 heteroatoms. The van der Waals surface area contributed by atoms with Gasteiger partial charge in [0.2, 0.25) is 0 Å². The van der Waals surface area contributed by atoms with Crippen molar-refractivity contribution in [2.45, 2.75) is 18.4 Å². The van der Waals surface area contributed by atoms with Gasteiger partial charge in [0.15, 0.2) is 6.10 Å². The number of fused-ring (bicyclic) bond motifs is 3. The Balaban J connectivity index is 1.38. The van der Waals surface area contributed by atoms with E-state index in [1.54, 1.807) is 12.1 Å². The summed E-state index contributed by atoms with van der Waals surface area (Å²) in [6, 6.07) is 21.0. The summed E-state index contributed by atoms with van der Waals surface area (Å²) in [7, 11) is 0. The van der Waals surface area contributed by atoms with E-state index in [1.807, 2.05) is 59.0 Å². The van der Waals surface area contributed by atoms with Crippen LogP contribution in [0, 0.1) is 3.57 Å². The van der Waals surface area contributed by atoms with Gasteiger partial charge in [0, 0.05) is 33.7 Å². The molecule has 8 nitrogen and oxygen atoms in total. The molecule has 0 unspecified atom stereocenters. The molecule has 0 aliphatic heterocycles. The first-order chi connectivity index (χ1) is 16.8. The first-order valence-corrected chi connectivity index (χ1v) is 12.0. The van der Waals surface area contributed by atoms with Crippen LogP contribution >= 0.6 is 22.6 Å². The summed E-state index contributed by atoms with van der Waals surface area (Å²) in [5, 5.41) is 23.3. The van der Waals surface area contributed by atoms with Gasteiger partial charge in [-0.15, -0.1) is 0 Å².